The zero-order chi connectivity index (χ0) is 16.8. The van der Waals surface area contributed by atoms with Gasteiger partial charge in [-0.1, -0.05) is 67.2 Å². The molecule has 3 aromatic rings. The van der Waals surface area contributed by atoms with Crippen molar-refractivity contribution in [3.05, 3.63) is 76.7 Å². The highest BCUT2D eigenvalue weighted by Crippen LogP contribution is 2.33. The number of aromatic nitrogens is 2. The molecule has 0 unspecified atom stereocenters. The van der Waals surface area contributed by atoms with Crippen molar-refractivity contribution >= 4 is 27.7 Å². The fourth-order valence-corrected chi connectivity index (χ4v) is 4.03. The van der Waals surface area contributed by atoms with E-state index in [1.54, 1.807) is 11.8 Å². The van der Waals surface area contributed by atoms with E-state index in [2.05, 4.69) is 68.8 Å². The first-order valence-corrected chi connectivity index (χ1v) is 9.48. The average Bonchev–Trinajstić information content (AvgIpc) is 2.92. The van der Waals surface area contributed by atoms with Gasteiger partial charge in [0.1, 0.15) is 11.8 Å². The van der Waals surface area contributed by atoms with Crippen molar-refractivity contribution in [2.45, 2.75) is 36.6 Å². The maximum atomic E-state index is 5.90. The molecule has 24 heavy (non-hydrogen) atoms. The van der Waals surface area contributed by atoms with Crippen LogP contribution in [0.3, 0.4) is 0 Å². The first kappa shape index (κ1) is 17.3. The molecule has 1 aromatic heterocycles. The van der Waals surface area contributed by atoms with Gasteiger partial charge in [0, 0.05) is 4.90 Å². The van der Waals surface area contributed by atoms with Crippen molar-refractivity contribution in [3.8, 4) is 0 Å². The van der Waals surface area contributed by atoms with Crippen LogP contribution in [0.4, 0.5) is 0 Å². The quantitative estimate of drug-likeness (QED) is 0.519. The third-order valence-electron chi connectivity index (χ3n) is 3.57. The van der Waals surface area contributed by atoms with E-state index in [0.29, 0.717) is 13.3 Å². The van der Waals surface area contributed by atoms with E-state index in [1.807, 2.05) is 24.3 Å². The second kappa shape index (κ2) is 8.51. The third-order valence-corrected chi connectivity index (χ3v) is 5.33. The molecule has 0 aliphatic rings. The number of nitrogens with zero attached hydrogens (tertiary/aromatic N) is 2. The lowest BCUT2D eigenvalue weighted by atomic mass is 10.2. The van der Waals surface area contributed by atoms with Gasteiger partial charge in [0.15, 0.2) is 4.73 Å². The molecule has 1 heterocycles. The summed E-state index contributed by atoms with van der Waals surface area (Å²) in [6.07, 6.45) is 0.888. The molecule has 0 radical (unpaired) electrons. The standard InChI is InChI=1S/C19H19BrN2OS/c1-2-17-18(24-16-11-7-4-8-12-16)22(19(20)21-17)14-23-13-15-9-5-3-6-10-15/h3-12H,2,13-14H2,1H3. The van der Waals surface area contributed by atoms with Crippen LogP contribution in [0.25, 0.3) is 0 Å². The van der Waals surface area contributed by atoms with Crippen molar-refractivity contribution in [1.29, 1.82) is 0 Å². The van der Waals surface area contributed by atoms with Crippen molar-refractivity contribution in [2.75, 3.05) is 0 Å². The van der Waals surface area contributed by atoms with Crippen molar-refractivity contribution in [2.24, 2.45) is 0 Å². The zero-order valence-corrected chi connectivity index (χ0v) is 15.9. The second-order valence-electron chi connectivity index (χ2n) is 5.29. The molecule has 0 aliphatic heterocycles. The molecule has 0 atom stereocenters. The third kappa shape index (κ3) is 4.29. The summed E-state index contributed by atoms with van der Waals surface area (Å²) in [5.41, 5.74) is 2.25. The Morgan fingerprint density at radius 1 is 1.04 bits per heavy atom. The van der Waals surface area contributed by atoms with Gasteiger partial charge < -0.3 is 4.74 Å². The van der Waals surface area contributed by atoms with Gasteiger partial charge in [-0.3, -0.25) is 4.57 Å². The number of benzene rings is 2. The van der Waals surface area contributed by atoms with Crippen molar-refractivity contribution in [1.82, 2.24) is 9.55 Å². The van der Waals surface area contributed by atoms with E-state index in [0.717, 1.165) is 21.9 Å². The Balaban J connectivity index is 1.75. The molecule has 0 spiro atoms. The fourth-order valence-electron chi connectivity index (χ4n) is 2.34. The molecule has 124 valence electrons. The zero-order valence-electron chi connectivity index (χ0n) is 13.5. The smallest absolute Gasteiger partial charge is 0.180 e. The van der Waals surface area contributed by atoms with E-state index in [9.17, 15) is 0 Å². The Hall–Kier alpha value is -1.56. The predicted octanol–water partition coefficient (Wildman–Crippen LogP) is 5.53. The van der Waals surface area contributed by atoms with E-state index in [4.69, 9.17) is 4.74 Å². The first-order valence-electron chi connectivity index (χ1n) is 7.87. The van der Waals surface area contributed by atoms with Gasteiger partial charge >= 0.3 is 0 Å². The molecule has 0 amide bonds. The normalized spacial score (nSPS) is 10.9. The van der Waals surface area contributed by atoms with Gasteiger partial charge in [0.05, 0.1) is 12.3 Å². The van der Waals surface area contributed by atoms with Gasteiger partial charge in [-0.25, -0.2) is 4.98 Å². The summed E-state index contributed by atoms with van der Waals surface area (Å²) < 4.78 is 8.80. The number of imidazole rings is 1. The predicted molar refractivity (Wildman–Crippen MR) is 101 cm³/mol. The van der Waals surface area contributed by atoms with Crippen LogP contribution in [0.5, 0.6) is 0 Å². The largest absolute Gasteiger partial charge is 0.356 e. The highest BCUT2D eigenvalue weighted by atomic mass is 79.9. The Morgan fingerprint density at radius 2 is 1.71 bits per heavy atom. The van der Waals surface area contributed by atoms with Gasteiger partial charge in [-0.2, -0.15) is 0 Å². The fraction of sp³-hybridized carbons (Fsp3) is 0.211. The van der Waals surface area contributed by atoms with Crippen LogP contribution >= 0.6 is 27.7 Å². The van der Waals surface area contributed by atoms with Gasteiger partial charge in [0.25, 0.3) is 0 Å². The Morgan fingerprint density at radius 3 is 2.38 bits per heavy atom. The molecule has 0 N–H and O–H groups in total. The first-order chi connectivity index (χ1) is 11.8. The van der Waals surface area contributed by atoms with E-state index in [1.165, 1.54) is 10.5 Å². The molecule has 0 aliphatic carbocycles. The molecule has 0 fully saturated rings. The molecule has 0 bridgehead atoms. The molecule has 0 saturated carbocycles. The average molecular weight is 403 g/mol. The van der Waals surface area contributed by atoms with Crippen LogP contribution in [0.2, 0.25) is 0 Å². The van der Waals surface area contributed by atoms with Crippen LogP contribution in [0.1, 0.15) is 18.2 Å². The summed E-state index contributed by atoms with van der Waals surface area (Å²) in [7, 11) is 0. The number of hydrogen-bond donors (Lipinski definition) is 0. The van der Waals surface area contributed by atoms with Crippen molar-refractivity contribution < 1.29 is 4.74 Å². The summed E-state index contributed by atoms with van der Waals surface area (Å²) in [6.45, 7) is 3.18. The monoisotopic (exact) mass is 402 g/mol. The minimum atomic E-state index is 0.470. The van der Waals surface area contributed by atoms with Crippen LogP contribution < -0.4 is 0 Å². The van der Waals surface area contributed by atoms with Gasteiger partial charge in [0.2, 0.25) is 0 Å². The lowest BCUT2D eigenvalue weighted by molar-refractivity contribution is 0.0576. The SMILES string of the molecule is CCc1nc(Br)n(COCc2ccccc2)c1Sc1ccccc1. The molecule has 5 heteroatoms. The maximum absolute atomic E-state index is 5.90. The van der Waals surface area contributed by atoms with Crippen LogP contribution in [-0.4, -0.2) is 9.55 Å². The molecular weight excluding hydrogens is 384 g/mol. The molecule has 0 saturated heterocycles. The highest BCUT2D eigenvalue weighted by molar-refractivity contribution is 9.10. The highest BCUT2D eigenvalue weighted by Gasteiger charge is 2.15. The number of ether oxygens (including phenoxy) is 1. The number of rotatable bonds is 7. The lowest BCUT2D eigenvalue weighted by Gasteiger charge is -2.11. The number of hydrogen-bond acceptors (Lipinski definition) is 3. The van der Waals surface area contributed by atoms with Gasteiger partial charge in [-0.05, 0) is 40.0 Å². The van der Waals surface area contributed by atoms with Crippen LogP contribution in [0, 0.1) is 0 Å². The number of aryl methyl sites for hydroxylation is 1. The Labute approximate surface area is 155 Å². The summed E-state index contributed by atoms with van der Waals surface area (Å²) in [6, 6.07) is 20.6. The minimum absolute atomic E-state index is 0.470. The molecule has 3 nitrogen and oxygen atoms in total. The van der Waals surface area contributed by atoms with E-state index >= 15 is 0 Å². The maximum Gasteiger partial charge on any atom is 0.180 e. The van der Waals surface area contributed by atoms with Crippen LogP contribution in [-0.2, 0) is 24.5 Å². The van der Waals surface area contributed by atoms with Crippen molar-refractivity contribution in [3.63, 3.8) is 0 Å². The second-order valence-corrected chi connectivity index (χ2v) is 7.06. The summed E-state index contributed by atoms with van der Waals surface area (Å²) >= 11 is 5.29. The minimum Gasteiger partial charge on any atom is -0.356 e. The summed E-state index contributed by atoms with van der Waals surface area (Å²) in [5, 5.41) is 1.13. The van der Waals surface area contributed by atoms with Gasteiger partial charge in [-0.15, -0.1) is 0 Å². The lowest BCUT2D eigenvalue weighted by Crippen LogP contribution is -2.05. The Kier molecular flexibility index (Phi) is 6.12. The number of halogens is 1. The molecule has 3 rings (SSSR count). The summed E-state index contributed by atoms with van der Waals surface area (Å²) in [5.74, 6) is 0. The molecule has 2 aromatic carbocycles. The van der Waals surface area contributed by atoms with E-state index < -0.39 is 0 Å². The van der Waals surface area contributed by atoms with Crippen LogP contribution in [0.15, 0.2) is 75.3 Å². The topological polar surface area (TPSA) is 27.1 Å². The molecular formula is C19H19BrN2OS. The van der Waals surface area contributed by atoms with E-state index in [-0.39, 0.29) is 0 Å². The summed E-state index contributed by atoms with van der Waals surface area (Å²) in [4.78, 5) is 5.83. The Bertz CT molecular complexity index is 775.